The van der Waals surface area contributed by atoms with Crippen LogP contribution < -0.4 is 5.73 Å². The van der Waals surface area contributed by atoms with Crippen LogP contribution in [0.3, 0.4) is 0 Å². The predicted molar refractivity (Wildman–Crippen MR) is 80.5 cm³/mol. The zero-order valence-electron chi connectivity index (χ0n) is 11.9. The van der Waals surface area contributed by atoms with Gasteiger partial charge in [-0.3, -0.25) is 4.79 Å². The molecule has 2 N–H and O–H groups in total. The maximum atomic E-state index is 12.4. The lowest BCUT2D eigenvalue weighted by atomic mass is 10.1. The fraction of sp³-hybridized carbons (Fsp3) is 0.562. The summed E-state index contributed by atoms with van der Waals surface area (Å²) < 4.78 is 0. The van der Waals surface area contributed by atoms with Gasteiger partial charge < -0.3 is 15.5 Å². The van der Waals surface area contributed by atoms with E-state index in [1.807, 2.05) is 23.1 Å². The largest absolute Gasteiger partial charge is 0.399 e. The summed E-state index contributed by atoms with van der Waals surface area (Å²) in [6, 6.07) is 7.29. The number of carbonyl (C=O) groups excluding carboxylic acids is 1. The summed E-state index contributed by atoms with van der Waals surface area (Å²) in [5.41, 5.74) is 7.12. The minimum Gasteiger partial charge on any atom is -0.399 e. The number of hydrogen-bond donors (Lipinski definition) is 1. The summed E-state index contributed by atoms with van der Waals surface area (Å²) in [7, 11) is 0. The normalized spacial score (nSPS) is 23.4. The molecule has 0 saturated carbocycles. The SMILES string of the molecule is Nc1cccc(C(=O)N2CCC(CN3CCCC3)C2)c1. The Hall–Kier alpha value is -1.55. The average molecular weight is 273 g/mol. The first-order valence-corrected chi connectivity index (χ1v) is 7.59. The molecule has 2 fully saturated rings. The summed E-state index contributed by atoms with van der Waals surface area (Å²) in [6.07, 6.45) is 3.79. The molecule has 1 aromatic rings. The number of amides is 1. The molecule has 2 heterocycles. The molecule has 4 nitrogen and oxygen atoms in total. The molecule has 0 spiro atoms. The molecule has 2 aliphatic rings. The number of carbonyl (C=O) groups is 1. The van der Waals surface area contributed by atoms with Gasteiger partial charge in [0.25, 0.3) is 5.91 Å². The third kappa shape index (κ3) is 2.96. The molecule has 1 aromatic carbocycles. The Morgan fingerprint density at radius 1 is 1.25 bits per heavy atom. The lowest BCUT2D eigenvalue weighted by molar-refractivity contribution is 0.0784. The molecule has 108 valence electrons. The fourth-order valence-corrected chi connectivity index (χ4v) is 3.35. The summed E-state index contributed by atoms with van der Waals surface area (Å²) in [5, 5.41) is 0. The molecule has 1 amide bonds. The highest BCUT2D eigenvalue weighted by molar-refractivity contribution is 5.95. The second kappa shape index (κ2) is 5.83. The quantitative estimate of drug-likeness (QED) is 0.855. The Bertz CT molecular complexity index is 482. The Balaban J connectivity index is 1.57. The first-order valence-electron chi connectivity index (χ1n) is 7.59. The van der Waals surface area contributed by atoms with Crippen molar-refractivity contribution in [3.05, 3.63) is 29.8 Å². The Morgan fingerprint density at radius 3 is 2.80 bits per heavy atom. The van der Waals surface area contributed by atoms with Crippen LogP contribution in [0, 0.1) is 5.92 Å². The molecule has 4 heteroatoms. The molecule has 1 atom stereocenters. The monoisotopic (exact) mass is 273 g/mol. The van der Waals surface area contributed by atoms with Gasteiger partial charge in [0, 0.05) is 30.9 Å². The molecule has 2 saturated heterocycles. The van der Waals surface area contributed by atoms with E-state index >= 15 is 0 Å². The maximum Gasteiger partial charge on any atom is 0.253 e. The van der Waals surface area contributed by atoms with Crippen molar-refractivity contribution in [1.82, 2.24) is 9.80 Å². The highest BCUT2D eigenvalue weighted by Crippen LogP contribution is 2.22. The lowest BCUT2D eigenvalue weighted by Gasteiger charge is -2.20. The number of nitrogens with two attached hydrogens (primary N) is 1. The predicted octanol–water partition coefficient (Wildman–Crippen LogP) is 1.83. The topological polar surface area (TPSA) is 49.6 Å². The zero-order chi connectivity index (χ0) is 13.9. The van der Waals surface area contributed by atoms with Crippen LogP contribution in [0.1, 0.15) is 29.6 Å². The molecular weight excluding hydrogens is 250 g/mol. The van der Waals surface area contributed by atoms with Gasteiger partial charge in [-0.05, 0) is 56.5 Å². The van der Waals surface area contributed by atoms with Gasteiger partial charge in [-0.15, -0.1) is 0 Å². The smallest absolute Gasteiger partial charge is 0.253 e. The van der Waals surface area contributed by atoms with E-state index in [4.69, 9.17) is 5.73 Å². The standard InChI is InChI=1S/C16H23N3O/c17-15-5-3-4-14(10-15)16(20)19-9-6-13(12-19)11-18-7-1-2-8-18/h3-5,10,13H,1-2,6-9,11-12,17H2. The van der Waals surface area contributed by atoms with Crippen molar-refractivity contribution >= 4 is 11.6 Å². The van der Waals surface area contributed by atoms with Crippen LogP contribution in [0.4, 0.5) is 5.69 Å². The van der Waals surface area contributed by atoms with Crippen molar-refractivity contribution in [3.8, 4) is 0 Å². The van der Waals surface area contributed by atoms with Gasteiger partial charge >= 0.3 is 0 Å². The minimum absolute atomic E-state index is 0.126. The van der Waals surface area contributed by atoms with Crippen molar-refractivity contribution < 1.29 is 4.79 Å². The number of rotatable bonds is 3. The summed E-state index contributed by atoms with van der Waals surface area (Å²) >= 11 is 0. The van der Waals surface area contributed by atoms with E-state index in [1.54, 1.807) is 6.07 Å². The highest BCUT2D eigenvalue weighted by Gasteiger charge is 2.28. The third-order valence-electron chi connectivity index (χ3n) is 4.42. The number of benzene rings is 1. The summed E-state index contributed by atoms with van der Waals surface area (Å²) in [5.74, 6) is 0.763. The summed E-state index contributed by atoms with van der Waals surface area (Å²) in [6.45, 7) is 5.40. The lowest BCUT2D eigenvalue weighted by Crippen LogP contribution is -2.32. The molecule has 3 rings (SSSR count). The van der Waals surface area contributed by atoms with Gasteiger partial charge in [-0.25, -0.2) is 0 Å². The van der Waals surface area contributed by atoms with Crippen LogP contribution in [0.5, 0.6) is 0 Å². The molecule has 0 radical (unpaired) electrons. The van der Waals surface area contributed by atoms with Crippen molar-refractivity contribution in [1.29, 1.82) is 0 Å². The minimum atomic E-state index is 0.126. The maximum absolute atomic E-state index is 12.4. The van der Waals surface area contributed by atoms with E-state index in [1.165, 1.54) is 25.9 Å². The Labute approximate surface area is 120 Å². The first kappa shape index (κ1) is 13.4. The van der Waals surface area contributed by atoms with E-state index in [0.717, 1.165) is 26.1 Å². The van der Waals surface area contributed by atoms with Gasteiger partial charge in [-0.1, -0.05) is 6.07 Å². The highest BCUT2D eigenvalue weighted by atomic mass is 16.2. The molecule has 20 heavy (non-hydrogen) atoms. The number of nitrogens with zero attached hydrogens (tertiary/aromatic N) is 2. The molecule has 1 unspecified atom stereocenters. The number of nitrogen functional groups attached to an aromatic ring is 1. The van der Waals surface area contributed by atoms with Gasteiger partial charge in [-0.2, -0.15) is 0 Å². The summed E-state index contributed by atoms with van der Waals surface area (Å²) in [4.78, 5) is 17.0. The number of hydrogen-bond acceptors (Lipinski definition) is 3. The van der Waals surface area contributed by atoms with Crippen LogP contribution in [0.2, 0.25) is 0 Å². The van der Waals surface area contributed by atoms with E-state index in [-0.39, 0.29) is 5.91 Å². The van der Waals surface area contributed by atoms with Crippen LogP contribution in [-0.4, -0.2) is 48.4 Å². The molecular formula is C16H23N3O. The fourth-order valence-electron chi connectivity index (χ4n) is 3.35. The van der Waals surface area contributed by atoms with Crippen molar-refractivity contribution in [2.45, 2.75) is 19.3 Å². The first-order chi connectivity index (χ1) is 9.72. The van der Waals surface area contributed by atoms with Crippen LogP contribution in [-0.2, 0) is 0 Å². The average Bonchev–Trinajstić information content (AvgIpc) is 3.10. The molecule has 0 aliphatic carbocycles. The molecule has 0 aromatic heterocycles. The number of anilines is 1. The molecule has 0 bridgehead atoms. The van der Waals surface area contributed by atoms with Crippen LogP contribution >= 0.6 is 0 Å². The second-order valence-electron chi connectivity index (χ2n) is 6.04. The third-order valence-corrected chi connectivity index (χ3v) is 4.42. The van der Waals surface area contributed by atoms with Crippen LogP contribution in [0.15, 0.2) is 24.3 Å². The van der Waals surface area contributed by atoms with Crippen molar-refractivity contribution in [3.63, 3.8) is 0 Å². The van der Waals surface area contributed by atoms with Gasteiger partial charge in [0.1, 0.15) is 0 Å². The van der Waals surface area contributed by atoms with Gasteiger partial charge in [0.05, 0.1) is 0 Å². The Kier molecular flexibility index (Phi) is 3.92. The van der Waals surface area contributed by atoms with E-state index in [0.29, 0.717) is 17.2 Å². The second-order valence-corrected chi connectivity index (χ2v) is 6.04. The number of likely N-dealkylation sites (tertiary alicyclic amines) is 2. The van der Waals surface area contributed by atoms with Crippen LogP contribution in [0.25, 0.3) is 0 Å². The van der Waals surface area contributed by atoms with E-state index < -0.39 is 0 Å². The zero-order valence-corrected chi connectivity index (χ0v) is 11.9. The van der Waals surface area contributed by atoms with E-state index in [9.17, 15) is 4.79 Å². The Morgan fingerprint density at radius 2 is 2.05 bits per heavy atom. The van der Waals surface area contributed by atoms with E-state index in [2.05, 4.69) is 4.90 Å². The molecule has 2 aliphatic heterocycles. The van der Waals surface area contributed by atoms with Crippen molar-refractivity contribution in [2.24, 2.45) is 5.92 Å². The van der Waals surface area contributed by atoms with Gasteiger partial charge in [0.2, 0.25) is 0 Å². The van der Waals surface area contributed by atoms with Gasteiger partial charge in [0.15, 0.2) is 0 Å². The van der Waals surface area contributed by atoms with Crippen molar-refractivity contribution in [2.75, 3.05) is 38.5 Å².